The van der Waals surface area contributed by atoms with Gasteiger partial charge >= 0.3 is 0 Å². The lowest BCUT2D eigenvalue weighted by Gasteiger charge is -2.51. The number of halogens is 1. The first kappa shape index (κ1) is 14.3. The van der Waals surface area contributed by atoms with Crippen LogP contribution in [0, 0.1) is 5.82 Å². The first-order valence-electron chi connectivity index (χ1n) is 6.83. The largest absolute Gasteiger partial charge is 0.366 e. The minimum atomic E-state index is -0.133. The molecule has 0 bridgehead atoms. The van der Waals surface area contributed by atoms with Crippen LogP contribution in [0.1, 0.15) is 13.8 Å². The van der Waals surface area contributed by atoms with Gasteiger partial charge in [0.25, 0.3) is 0 Å². The van der Waals surface area contributed by atoms with Gasteiger partial charge in [-0.15, -0.1) is 0 Å². The molecule has 0 aromatic heterocycles. The van der Waals surface area contributed by atoms with Gasteiger partial charge in [-0.2, -0.15) is 0 Å². The Morgan fingerprint density at radius 1 is 1.37 bits per heavy atom. The highest BCUT2D eigenvalue weighted by Crippen LogP contribution is 2.28. The summed E-state index contributed by atoms with van der Waals surface area (Å²) in [6, 6.07) is 7.43. The average Bonchev–Trinajstić information content (AvgIpc) is 2.35. The second-order valence-corrected chi connectivity index (χ2v) is 5.97. The summed E-state index contributed by atoms with van der Waals surface area (Å²) in [5, 5.41) is 3.23. The third-order valence-electron chi connectivity index (χ3n) is 4.14. The van der Waals surface area contributed by atoms with Gasteiger partial charge in [-0.25, -0.2) is 4.39 Å². The topological polar surface area (TPSA) is 18.5 Å². The maximum atomic E-state index is 14.0. The van der Waals surface area contributed by atoms with E-state index in [2.05, 4.69) is 36.0 Å². The standard InChI is InChI=1S/C15H24FN3/c1-15(2)11-19(10-12(9-17-3)18(15)4)14-8-6-5-7-13(14)16/h5-8,12,17H,9-11H2,1-4H3. The average molecular weight is 265 g/mol. The molecule has 1 heterocycles. The summed E-state index contributed by atoms with van der Waals surface area (Å²) < 4.78 is 14.0. The van der Waals surface area contributed by atoms with E-state index in [0.29, 0.717) is 11.7 Å². The van der Waals surface area contributed by atoms with Crippen molar-refractivity contribution in [1.82, 2.24) is 10.2 Å². The Morgan fingerprint density at radius 2 is 2.05 bits per heavy atom. The minimum Gasteiger partial charge on any atom is -0.366 e. The normalized spacial score (nSPS) is 23.6. The molecule has 19 heavy (non-hydrogen) atoms. The number of hydrogen-bond acceptors (Lipinski definition) is 3. The zero-order chi connectivity index (χ0) is 14.0. The third-order valence-corrected chi connectivity index (χ3v) is 4.14. The zero-order valence-electron chi connectivity index (χ0n) is 12.3. The number of likely N-dealkylation sites (N-methyl/N-ethyl adjacent to an activating group) is 2. The van der Waals surface area contributed by atoms with Crippen LogP contribution >= 0.6 is 0 Å². The van der Waals surface area contributed by atoms with Crippen molar-refractivity contribution in [2.24, 2.45) is 0 Å². The monoisotopic (exact) mass is 265 g/mol. The number of hydrogen-bond donors (Lipinski definition) is 1. The van der Waals surface area contributed by atoms with Gasteiger partial charge in [-0.3, -0.25) is 4.90 Å². The Labute approximate surface area is 115 Å². The van der Waals surface area contributed by atoms with Crippen molar-refractivity contribution in [2.75, 3.05) is 38.6 Å². The summed E-state index contributed by atoms with van der Waals surface area (Å²) in [5.74, 6) is -0.133. The van der Waals surface area contributed by atoms with Gasteiger partial charge < -0.3 is 10.2 Å². The van der Waals surface area contributed by atoms with E-state index >= 15 is 0 Å². The van der Waals surface area contributed by atoms with Crippen LogP contribution in [0.2, 0.25) is 0 Å². The van der Waals surface area contributed by atoms with Gasteiger partial charge in [0.2, 0.25) is 0 Å². The lowest BCUT2D eigenvalue weighted by atomic mass is 9.95. The van der Waals surface area contributed by atoms with Crippen LogP contribution in [0.15, 0.2) is 24.3 Å². The van der Waals surface area contributed by atoms with E-state index in [9.17, 15) is 4.39 Å². The Bertz CT molecular complexity index is 433. The molecule has 1 atom stereocenters. The molecule has 0 aliphatic carbocycles. The molecule has 1 N–H and O–H groups in total. The molecule has 1 aliphatic heterocycles. The lowest BCUT2D eigenvalue weighted by Crippen LogP contribution is -2.64. The van der Waals surface area contributed by atoms with Crippen molar-refractivity contribution in [1.29, 1.82) is 0 Å². The van der Waals surface area contributed by atoms with Crippen molar-refractivity contribution in [3.8, 4) is 0 Å². The SMILES string of the molecule is CNCC1CN(c2ccccc2F)CC(C)(C)N1C. The van der Waals surface area contributed by atoms with Gasteiger partial charge in [0.15, 0.2) is 0 Å². The summed E-state index contributed by atoms with van der Waals surface area (Å²) >= 11 is 0. The Hall–Kier alpha value is -1.13. The smallest absolute Gasteiger partial charge is 0.146 e. The molecule has 1 fully saturated rings. The van der Waals surface area contributed by atoms with E-state index in [4.69, 9.17) is 0 Å². The quantitative estimate of drug-likeness (QED) is 0.901. The van der Waals surface area contributed by atoms with E-state index in [1.807, 2.05) is 19.2 Å². The summed E-state index contributed by atoms with van der Waals surface area (Å²) in [5.41, 5.74) is 0.743. The molecule has 1 unspecified atom stereocenters. The first-order valence-corrected chi connectivity index (χ1v) is 6.83. The summed E-state index contributed by atoms with van der Waals surface area (Å²) in [6.07, 6.45) is 0. The molecule has 1 saturated heterocycles. The third kappa shape index (κ3) is 2.90. The molecule has 1 aromatic carbocycles. The molecule has 106 valence electrons. The molecule has 3 nitrogen and oxygen atoms in total. The highest BCUT2D eigenvalue weighted by molar-refractivity contribution is 5.49. The van der Waals surface area contributed by atoms with Gasteiger partial charge in [0.1, 0.15) is 5.82 Å². The fraction of sp³-hybridized carbons (Fsp3) is 0.600. The van der Waals surface area contributed by atoms with Crippen LogP contribution in [-0.4, -0.2) is 50.2 Å². The molecule has 0 spiro atoms. The van der Waals surface area contributed by atoms with E-state index in [1.165, 1.54) is 6.07 Å². The highest BCUT2D eigenvalue weighted by Gasteiger charge is 2.37. The maximum Gasteiger partial charge on any atom is 0.146 e. The number of anilines is 1. The fourth-order valence-electron chi connectivity index (χ4n) is 2.84. The van der Waals surface area contributed by atoms with Crippen LogP contribution in [0.25, 0.3) is 0 Å². The molecule has 0 amide bonds. The summed E-state index contributed by atoms with van der Waals surface area (Å²) in [7, 11) is 4.11. The number of nitrogens with one attached hydrogen (secondary N) is 1. The number of nitrogens with zero attached hydrogens (tertiary/aromatic N) is 2. The molecular weight excluding hydrogens is 241 g/mol. The maximum absolute atomic E-state index is 14.0. The minimum absolute atomic E-state index is 0.0298. The first-order chi connectivity index (χ1) is 8.95. The van der Waals surface area contributed by atoms with Crippen molar-refractivity contribution in [2.45, 2.75) is 25.4 Å². The second kappa shape index (κ2) is 5.47. The predicted molar refractivity (Wildman–Crippen MR) is 78.2 cm³/mol. The van der Waals surface area contributed by atoms with Crippen LogP contribution < -0.4 is 10.2 Å². The summed E-state index contributed by atoms with van der Waals surface area (Å²) in [4.78, 5) is 4.55. The molecule has 2 rings (SSSR count). The second-order valence-electron chi connectivity index (χ2n) is 5.97. The zero-order valence-corrected chi connectivity index (χ0v) is 12.3. The van der Waals surface area contributed by atoms with Crippen LogP contribution in [0.3, 0.4) is 0 Å². The number of piperazine rings is 1. The van der Waals surface area contributed by atoms with Gasteiger partial charge in [-0.05, 0) is 40.1 Å². The highest BCUT2D eigenvalue weighted by atomic mass is 19.1. The van der Waals surface area contributed by atoms with E-state index in [0.717, 1.165) is 19.6 Å². The van der Waals surface area contributed by atoms with E-state index in [-0.39, 0.29) is 11.4 Å². The number of rotatable bonds is 3. The van der Waals surface area contributed by atoms with Crippen LogP contribution in [-0.2, 0) is 0 Å². The Balaban J connectivity index is 2.25. The molecular formula is C15H24FN3. The lowest BCUT2D eigenvalue weighted by molar-refractivity contribution is 0.0806. The molecule has 4 heteroatoms. The molecule has 0 saturated carbocycles. The number of benzene rings is 1. The van der Waals surface area contributed by atoms with Crippen molar-refractivity contribution >= 4 is 5.69 Å². The van der Waals surface area contributed by atoms with Crippen LogP contribution in [0.4, 0.5) is 10.1 Å². The summed E-state index contributed by atoms with van der Waals surface area (Å²) in [6.45, 7) is 7.02. The van der Waals surface area contributed by atoms with Crippen molar-refractivity contribution < 1.29 is 4.39 Å². The van der Waals surface area contributed by atoms with Crippen LogP contribution in [0.5, 0.6) is 0 Å². The fourth-order valence-corrected chi connectivity index (χ4v) is 2.84. The number of para-hydroxylation sites is 1. The van der Waals surface area contributed by atoms with Gasteiger partial charge in [-0.1, -0.05) is 12.1 Å². The molecule has 1 aliphatic rings. The Kier molecular flexibility index (Phi) is 4.11. The molecule has 1 aromatic rings. The van der Waals surface area contributed by atoms with Gasteiger partial charge in [0, 0.05) is 31.2 Å². The van der Waals surface area contributed by atoms with E-state index in [1.54, 1.807) is 6.07 Å². The molecule has 0 radical (unpaired) electrons. The predicted octanol–water partition coefficient (Wildman–Crippen LogP) is 1.94. The van der Waals surface area contributed by atoms with Gasteiger partial charge in [0.05, 0.1) is 5.69 Å². The van der Waals surface area contributed by atoms with Crippen molar-refractivity contribution in [3.63, 3.8) is 0 Å². The van der Waals surface area contributed by atoms with Crippen molar-refractivity contribution in [3.05, 3.63) is 30.1 Å². The van der Waals surface area contributed by atoms with E-state index < -0.39 is 0 Å². The Morgan fingerprint density at radius 3 is 2.68 bits per heavy atom.